The number of carbonyl (C=O) groups excluding carboxylic acids is 1. The molecule has 1 amide bonds. The van der Waals surface area contributed by atoms with E-state index < -0.39 is 23.2 Å². The van der Waals surface area contributed by atoms with Gasteiger partial charge in [-0.15, -0.1) is 0 Å². The highest BCUT2D eigenvalue weighted by Gasteiger charge is 2.32. The van der Waals surface area contributed by atoms with Gasteiger partial charge in [-0.3, -0.25) is 9.69 Å². The van der Waals surface area contributed by atoms with E-state index in [1.165, 1.54) is 6.07 Å². The molecule has 0 aliphatic carbocycles. The third kappa shape index (κ3) is 4.69. The van der Waals surface area contributed by atoms with Gasteiger partial charge < -0.3 is 10.1 Å². The van der Waals surface area contributed by atoms with Crippen molar-refractivity contribution in [2.45, 2.75) is 32.9 Å². The summed E-state index contributed by atoms with van der Waals surface area (Å²) < 4.78 is 20.0. The minimum Gasteiger partial charge on any atom is -0.376 e. The number of halogens is 2. The summed E-state index contributed by atoms with van der Waals surface area (Å²) in [6, 6.07) is 6.09. The van der Waals surface area contributed by atoms with E-state index >= 15 is 0 Å². The second-order valence-corrected chi connectivity index (χ2v) is 7.18. The summed E-state index contributed by atoms with van der Waals surface area (Å²) in [5.74, 6) is -0.806. The summed E-state index contributed by atoms with van der Waals surface area (Å²) in [4.78, 5) is 14.3. The maximum absolute atomic E-state index is 14.5. The molecule has 1 heterocycles. The number of nitrogens with one attached hydrogen (secondary N) is 1. The number of ether oxygens (including phenoxy) is 1. The predicted octanol–water partition coefficient (Wildman–Crippen LogP) is 2.91. The van der Waals surface area contributed by atoms with Crippen molar-refractivity contribution >= 4 is 17.5 Å². The van der Waals surface area contributed by atoms with Gasteiger partial charge in [0, 0.05) is 30.2 Å². The Balaban J connectivity index is 2.27. The molecule has 0 spiro atoms. The van der Waals surface area contributed by atoms with Crippen LogP contribution in [-0.4, -0.2) is 43.2 Å². The first-order chi connectivity index (χ1) is 11.8. The van der Waals surface area contributed by atoms with Crippen molar-refractivity contribution in [3.63, 3.8) is 0 Å². The predicted molar refractivity (Wildman–Crippen MR) is 93.5 cm³/mol. The van der Waals surface area contributed by atoms with Crippen molar-refractivity contribution in [1.29, 1.82) is 5.26 Å². The first kappa shape index (κ1) is 19.6. The average molecular weight is 368 g/mol. The molecule has 2 rings (SSSR count). The molecule has 2 atom stereocenters. The van der Waals surface area contributed by atoms with Crippen molar-refractivity contribution in [2.75, 3.05) is 26.2 Å². The monoisotopic (exact) mass is 367 g/mol. The number of nitrogens with zero attached hydrogens (tertiary/aromatic N) is 2. The number of rotatable bonds is 5. The Labute approximate surface area is 152 Å². The van der Waals surface area contributed by atoms with E-state index in [4.69, 9.17) is 21.6 Å². The van der Waals surface area contributed by atoms with Gasteiger partial charge in [0.1, 0.15) is 11.2 Å². The Morgan fingerprint density at radius 3 is 2.92 bits per heavy atom. The van der Waals surface area contributed by atoms with Crippen LogP contribution in [0.3, 0.4) is 0 Å². The molecule has 0 radical (unpaired) electrons. The molecule has 5 nitrogen and oxygen atoms in total. The third-order valence-corrected chi connectivity index (χ3v) is 4.68. The molecule has 136 valence electrons. The minimum atomic E-state index is -1.15. The Morgan fingerprint density at radius 2 is 2.32 bits per heavy atom. The fourth-order valence-electron chi connectivity index (χ4n) is 2.83. The first-order valence-electron chi connectivity index (χ1n) is 8.25. The Morgan fingerprint density at radius 1 is 1.60 bits per heavy atom. The molecule has 1 N–H and O–H groups in total. The van der Waals surface area contributed by atoms with Crippen LogP contribution in [0.4, 0.5) is 4.39 Å². The van der Waals surface area contributed by atoms with E-state index in [0.717, 1.165) is 0 Å². The van der Waals surface area contributed by atoms with Crippen LogP contribution in [0.5, 0.6) is 0 Å². The van der Waals surface area contributed by atoms with Crippen LogP contribution >= 0.6 is 11.6 Å². The van der Waals surface area contributed by atoms with Crippen LogP contribution in [0.25, 0.3) is 0 Å². The Bertz CT molecular complexity index is 655. The van der Waals surface area contributed by atoms with Crippen molar-refractivity contribution in [2.24, 2.45) is 5.41 Å². The molecule has 0 aromatic heterocycles. The second kappa shape index (κ2) is 8.13. The highest BCUT2D eigenvalue weighted by molar-refractivity contribution is 6.31. The summed E-state index contributed by atoms with van der Waals surface area (Å²) >= 11 is 6.25. The lowest BCUT2D eigenvalue weighted by atomic mass is 9.94. The number of amides is 1. The first-order valence-corrected chi connectivity index (χ1v) is 8.63. The fourth-order valence-corrected chi connectivity index (χ4v) is 3.12. The van der Waals surface area contributed by atoms with Crippen molar-refractivity contribution in [3.8, 4) is 6.07 Å². The molecular formula is C18H23ClFN3O2. The van der Waals surface area contributed by atoms with E-state index in [-0.39, 0.29) is 12.6 Å². The molecule has 1 saturated heterocycles. The lowest BCUT2D eigenvalue weighted by Crippen LogP contribution is -2.48. The zero-order valence-electron chi connectivity index (χ0n) is 14.7. The van der Waals surface area contributed by atoms with Gasteiger partial charge in [-0.1, -0.05) is 17.7 Å². The topological polar surface area (TPSA) is 65.4 Å². The lowest BCUT2D eigenvalue weighted by molar-refractivity contribution is -0.127. The van der Waals surface area contributed by atoms with Crippen LogP contribution < -0.4 is 5.32 Å². The van der Waals surface area contributed by atoms with Crippen LogP contribution in [0.15, 0.2) is 18.2 Å². The summed E-state index contributed by atoms with van der Waals surface area (Å²) in [5.41, 5.74) is -0.796. The molecule has 0 bridgehead atoms. The largest absolute Gasteiger partial charge is 0.376 e. The van der Waals surface area contributed by atoms with Gasteiger partial charge >= 0.3 is 0 Å². The fraction of sp³-hybridized carbons (Fsp3) is 0.556. The lowest BCUT2D eigenvalue weighted by Gasteiger charge is -2.38. The maximum Gasteiger partial charge on any atom is 0.239 e. The van der Waals surface area contributed by atoms with E-state index in [2.05, 4.69) is 10.2 Å². The zero-order chi connectivity index (χ0) is 18.6. The SMILES string of the molecule is CC1CN(C(CNC(=O)C(C)(C)C#N)c2c(F)cccc2Cl)CCO1. The standard InChI is InChI=1S/C18H23ClFN3O2/c1-12-10-23(7-8-25-12)15(9-22-17(24)18(2,3)11-21)16-13(19)5-4-6-14(16)20/h4-6,12,15H,7-10H2,1-3H3,(H,22,24). The molecule has 1 aliphatic rings. The van der Waals surface area contributed by atoms with Gasteiger partial charge in [0.05, 0.1) is 24.8 Å². The molecule has 1 aromatic rings. The molecule has 1 fully saturated rings. The molecular weight excluding hydrogens is 345 g/mol. The number of benzene rings is 1. The summed E-state index contributed by atoms with van der Waals surface area (Å²) in [7, 11) is 0. The highest BCUT2D eigenvalue weighted by Crippen LogP contribution is 2.31. The number of morpholine rings is 1. The third-order valence-electron chi connectivity index (χ3n) is 4.35. The van der Waals surface area contributed by atoms with Crippen LogP contribution in [0.1, 0.15) is 32.4 Å². The average Bonchev–Trinajstić information content (AvgIpc) is 2.57. The molecule has 2 unspecified atom stereocenters. The molecule has 1 aromatic carbocycles. The molecule has 25 heavy (non-hydrogen) atoms. The van der Waals surface area contributed by atoms with E-state index in [1.54, 1.807) is 26.0 Å². The number of hydrogen-bond donors (Lipinski definition) is 1. The summed E-state index contributed by atoms with van der Waals surface area (Å²) in [6.07, 6.45) is 0.00745. The molecule has 1 aliphatic heterocycles. The zero-order valence-corrected chi connectivity index (χ0v) is 15.4. The molecule has 7 heteroatoms. The second-order valence-electron chi connectivity index (χ2n) is 6.77. The van der Waals surface area contributed by atoms with Gasteiger partial charge in [-0.05, 0) is 32.9 Å². The normalized spacial score (nSPS) is 19.9. The smallest absolute Gasteiger partial charge is 0.239 e. The summed E-state index contributed by atoms with van der Waals surface area (Å²) in [6.45, 7) is 6.95. The number of hydrogen-bond acceptors (Lipinski definition) is 4. The number of nitriles is 1. The van der Waals surface area contributed by atoms with Gasteiger partial charge in [-0.2, -0.15) is 5.26 Å². The van der Waals surface area contributed by atoms with Gasteiger partial charge in [0.15, 0.2) is 0 Å². The van der Waals surface area contributed by atoms with Crippen LogP contribution in [0, 0.1) is 22.6 Å². The van der Waals surface area contributed by atoms with E-state index in [9.17, 15) is 9.18 Å². The van der Waals surface area contributed by atoms with E-state index in [1.807, 2.05) is 13.0 Å². The number of carbonyl (C=O) groups is 1. The minimum absolute atomic E-state index is 0.00745. The van der Waals surface area contributed by atoms with Gasteiger partial charge in [-0.25, -0.2) is 4.39 Å². The van der Waals surface area contributed by atoms with E-state index in [0.29, 0.717) is 30.3 Å². The van der Waals surface area contributed by atoms with Crippen LogP contribution in [-0.2, 0) is 9.53 Å². The Hall–Kier alpha value is -1.68. The summed E-state index contributed by atoms with van der Waals surface area (Å²) in [5, 5.41) is 12.2. The van der Waals surface area contributed by atoms with Crippen molar-refractivity contribution in [3.05, 3.63) is 34.6 Å². The van der Waals surface area contributed by atoms with Crippen molar-refractivity contribution < 1.29 is 13.9 Å². The maximum atomic E-state index is 14.5. The van der Waals surface area contributed by atoms with Crippen molar-refractivity contribution in [1.82, 2.24) is 10.2 Å². The van der Waals surface area contributed by atoms with Crippen LogP contribution in [0.2, 0.25) is 5.02 Å². The Kier molecular flexibility index (Phi) is 6.39. The molecule has 0 saturated carbocycles. The highest BCUT2D eigenvalue weighted by atomic mass is 35.5. The quantitative estimate of drug-likeness (QED) is 0.869. The van der Waals surface area contributed by atoms with Gasteiger partial charge in [0.2, 0.25) is 5.91 Å². The van der Waals surface area contributed by atoms with Gasteiger partial charge in [0.25, 0.3) is 0 Å².